The molecule has 1 heterocycles. The van der Waals surface area contributed by atoms with E-state index in [-0.39, 0.29) is 17.8 Å². The van der Waals surface area contributed by atoms with E-state index in [1.54, 1.807) is 23.1 Å². The van der Waals surface area contributed by atoms with Gasteiger partial charge in [-0.25, -0.2) is 4.39 Å². The quantitative estimate of drug-likeness (QED) is 0.777. The van der Waals surface area contributed by atoms with Crippen molar-refractivity contribution in [3.8, 4) is 0 Å². The smallest absolute Gasteiger partial charge is 0.220 e. The summed E-state index contributed by atoms with van der Waals surface area (Å²) in [5.74, 6) is -0.253. The monoisotopic (exact) mass is 222 g/mol. The van der Waals surface area contributed by atoms with Gasteiger partial charge in [-0.05, 0) is 6.07 Å². The van der Waals surface area contributed by atoms with E-state index in [1.807, 2.05) is 0 Å². The fourth-order valence-corrected chi connectivity index (χ4v) is 2.10. The maximum Gasteiger partial charge on any atom is 0.220 e. The van der Waals surface area contributed by atoms with Crippen molar-refractivity contribution in [2.24, 2.45) is 0 Å². The average molecular weight is 222 g/mol. The Morgan fingerprint density at radius 3 is 2.94 bits per heavy atom. The molecule has 4 heteroatoms. The summed E-state index contributed by atoms with van der Waals surface area (Å²) in [6.07, 6.45) is 0. The molecule has 86 valence electrons. The van der Waals surface area contributed by atoms with Crippen LogP contribution in [0.2, 0.25) is 0 Å². The Labute approximate surface area is 94.3 Å². The molecule has 0 radical (unpaired) electrons. The molecule has 1 aliphatic rings. The largest absolute Gasteiger partial charge is 0.333 e. The van der Waals surface area contributed by atoms with Gasteiger partial charge in [0.1, 0.15) is 5.82 Å². The Morgan fingerprint density at radius 2 is 2.25 bits per heavy atom. The molecule has 3 nitrogen and oxygen atoms in total. The molecule has 1 aliphatic heterocycles. The number of carbonyl (C=O) groups is 1. The van der Waals surface area contributed by atoms with Crippen LogP contribution in [-0.4, -0.2) is 30.4 Å². The molecule has 16 heavy (non-hydrogen) atoms. The number of halogens is 1. The van der Waals surface area contributed by atoms with Gasteiger partial charge < -0.3 is 10.2 Å². The minimum Gasteiger partial charge on any atom is -0.333 e. The van der Waals surface area contributed by atoms with Crippen molar-refractivity contribution in [2.75, 3.05) is 19.6 Å². The van der Waals surface area contributed by atoms with Crippen LogP contribution in [0.1, 0.15) is 18.5 Å². The lowest BCUT2D eigenvalue weighted by atomic mass is 10.0. The third kappa shape index (κ3) is 2.07. The first-order valence-corrected chi connectivity index (χ1v) is 5.42. The van der Waals surface area contributed by atoms with Crippen molar-refractivity contribution in [3.05, 3.63) is 35.6 Å². The van der Waals surface area contributed by atoms with Gasteiger partial charge in [-0.1, -0.05) is 18.2 Å². The Kier molecular flexibility index (Phi) is 3.19. The van der Waals surface area contributed by atoms with E-state index in [9.17, 15) is 9.18 Å². The number of benzene rings is 1. The summed E-state index contributed by atoms with van der Waals surface area (Å²) in [5, 5.41) is 3.18. The van der Waals surface area contributed by atoms with Gasteiger partial charge in [0.25, 0.3) is 0 Å². The number of nitrogens with one attached hydrogen (secondary N) is 1. The van der Waals surface area contributed by atoms with Crippen LogP contribution in [0.25, 0.3) is 0 Å². The fourth-order valence-electron chi connectivity index (χ4n) is 2.10. The summed E-state index contributed by atoms with van der Waals surface area (Å²) in [6, 6.07) is 6.44. The van der Waals surface area contributed by atoms with E-state index in [1.165, 1.54) is 13.0 Å². The predicted octanol–water partition coefficient (Wildman–Crippen LogP) is 1.32. The molecule has 0 aromatic heterocycles. The standard InChI is InChI=1S/C12H15FN2O/c1-9(16)15-7-6-14-8-12(15)10-4-2-3-5-11(10)13/h2-5,12,14H,6-8H2,1H3. The second-order valence-electron chi connectivity index (χ2n) is 3.95. The summed E-state index contributed by atoms with van der Waals surface area (Å²) in [4.78, 5) is 13.2. The van der Waals surface area contributed by atoms with E-state index in [2.05, 4.69) is 5.32 Å². The van der Waals surface area contributed by atoms with Crippen LogP contribution in [0.5, 0.6) is 0 Å². The number of rotatable bonds is 1. The molecule has 1 N–H and O–H groups in total. The van der Waals surface area contributed by atoms with E-state index < -0.39 is 0 Å². The van der Waals surface area contributed by atoms with Crippen molar-refractivity contribution in [3.63, 3.8) is 0 Å². The first kappa shape index (κ1) is 11.1. The van der Waals surface area contributed by atoms with Crippen molar-refractivity contribution >= 4 is 5.91 Å². The van der Waals surface area contributed by atoms with Gasteiger partial charge in [0.2, 0.25) is 5.91 Å². The number of carbonyl (C=O) groups excluding carboxylic acids is 1. The number of hydrogen-bond donors (Lipinski definition) is 1. The average Bonchev–Trinajstić information content (AvgIpc) is 2.29. The van der Waals surface area contributed by atoms with Crippen LogP contribution in [-0.2, 0) is 4.79 Å². The lowest BCUT2D eigenvalue weighted by Crippen LogP contribution is -2.48. The number of nitrogens with zero attached hydrogens (tertiary/aromatic N) is 1. The Balaban J connectivity index is 2.30. The lowest BCUT2D eigenvalue weighted by Gasteiger charge is -2.36. The van der Waals surface area contributed by atoms with Crippen LogP contribution in [0.3, 0.4) is 0 Å². The molecule has 1 fully saturated rings. The molecule has 2 rings (SSSR count). The molecule has 1 unspecified atom stereocenters. The zero-order valence-electron chi connectivity index (χ0n) is 9.24. The van der Waals surface area contributed by atoms with E-state index in [0.717, 1.165) is 6.54 Å². The van der Waals surface area contributed by atoms with Gasteiger partial charge in [0.05, 0.1) is 6.04 Å². The molecule has 0 aliphatic carbocycles. The molecular formula is C12H15FN2O. The van der Waals surface area contributed by atoms with Gasteiger partial charge in [-0.15, -0.1) is 0 Å². The maximum atomic E-state index is 13.6. The van der Waals surface area contributed by atoms with Crippen molar-refractivity contribution in [2.45, 2.75) is 13.0 Å². The third-order valence-electron chi connectivity index (χ3n) is 2.91. The first-order chi connectivity index (χ1) is 7.70. The van der Waals surface area contributed by atoms with Crippen molar-refractivity contribution in [1.82, 2.24) is 10.2 Å². The SMILES string of the molecule is CC(=O)N1CCNCC1c1ccccc1F. The minimum atomic E-state index is -0.248. The highest BCUT2D eigenvalue weighted by Crippen LogP contribution is 2.24. The van der Waals surface area contributed by atoms with E-state index >= 15 is 0 Å². The second-order valence-corrected chi connectivity index (χ2v) is 3.95. The topological polar surface area (TPSA) is 32.3 Å². The van der Waals surface area contributed by atoms with E-state index in [4.69, 9.17) is 0 Å². The van der Waals surface area contributed by atoms with Crippen LogP contribution in [0.15, 0.2) is 24.3 Å². The van der Waals surface area contributed by atoms with Gasteiger partial charge in [-0.2, -0.15) is 0 Å². The van der Waals surface area contributed by atoms with Crippen LogP contribution >= 0.6 is 0 Å². The van der Waals surface area contributed by atoms with Crippen molar-refractivity contribution in [1.29, 1.82) is 0 Å². The van der Waals surface area contributed by atoms with Gasteiger partial charge in [0, 0.05) is 32.1 Å². The summed E-state index contributed by atoms with van der Waals surface area (Å²) in [7, 11) is 0. The summed E-state index contributed by atoms with van der Waals surface area (Å²) in [5.41, 5.74) is 0.588. The Bertz CT molecular complexity index is 394. The molecule has 0 bridgehead atoms. The lowest BCUT2D eigenvalue weighted by molar-refractivity contribution is -0.132. The van der Waals surface area contributed by atoms with Crippen LogP contribution in [0.4, 0.5) is 4.39 Å². The Hall–Kier alpha value is -1.42. The molecule has 1 saturated heterocycles. The minimum absolute atomic E-state index is 0.00486. The summed E-state index contributed by atoms with van der Waals surface area (Å²) >= 11 is 0. The highest BCUT2D eigenvalue weighted by Gasteiger charge is 2.27. The molecule has 1 atom stereocenters. The van der Waals surface area contributed by atoms with Crippen LogP contribution < -0.4 is 5.32 Å². The van der Waals surface area contributed by atoms with Gasteiger partial charge in [-0.3, -0.25) is 4.79 Å². The zero-order chi connectivity index (χ0) is 11.5. The second kappa shape index (κ2) is 4.61. The highest BCUT2D eigenvalue weighted by molar-refractivity contribution is 5.74. The molecule has 0 saturated carbocycles. The molecule has 1 amide bonds. The highest BCUT2D eigenvalue weighted by atomic mass is 19.1. The number of amides is 1. The van der Waals surface area contributed by atoms with Crippen molar-refractivity contribution < 1.29 is 9.18 Å². The number of hydrogen-bond acceptors (Lipinski definition) is 2. The van der Waals surface area contributed by atoms with Gasteiger partial charge in [0.15, 0.2) is 0 Å². The predicted molar refractivity (Wildman–Crippen MR) is 59.4 cm³/mol. The van der Waals surface area contributed by atoms with Crippen LogP contribution in [0, 0.1) is 5.82 Å². The van der Waals surface area contributed by atoms with Gasteiger partial charge >= 0.3 is 0 Å². The third-order valence-corrected chi connectivity index (χ3v) is 2.91. The summed E-state index contributed by atoms with van der Waals surface area (Å²) in [6.45, 7) is 3.54. The fraction of sp³-hybridized carbons (Fsp3) is 0.417. The zero-order valence-corrected chi connectivity index (χ0v) is 9.24. The summed E-state index contributed by atoms with van der Waals surface area (Å²) < 4.78 is 13.6. The number of piperazine rings is 1. The maximum absolute atomic E-state index is 13.6. The Morgan fingerprint density at radius 1 is 1.50 bits per heavy atom. The van der Waals surface area contributed by atoms with E-state index in [0.29, 0.717) is 18.7 Å². The molecular weight excluding hydrogens is 207 g/mol. The molecule has 1 aromatic carbocycles. The molecule has 0 spiro atoms. The normalized spacial score (nSPS) is 20.9. The first-order valence-electron chi connectivity index (χ1n) is 5.42. The molecule has 1 aromatic rings.